The molecule has 0 saturated heterocycles. The normalized spacial score (nSPS) is 15.6. The average molecular weight is 389 g/mol. The molecular weight excluding hydrogens is 340 g/mol. The third-order valence-electron chi connectivity index (χ3n) is 4.50. The Bertz CT molecular complexity index is 303. The predicted molar refractivity (Wildman–Crippen MR) is 119 cm³/mol. The molecule has 0 aliphatic heterocycles. The fourth-order valence-corrected chi connectivity index (χ4v) is 9.01. The van der Waals surface area contributed by atoms with Gasteiger partial charge in [-0.3, -0.25) is 0 Å². The highest BCUT2D eigenvalue weighted by molar-refractivity contribution is 6.29. The number of rotatable bonds is 8. The van der Waals surface area contributed by atoms with E-state index in [9.17, 15) is 0 Å². The molecule has 0 aliphatic carbocycles. The van der Waals surface area contributed by atoms with Gasteiger partial charge in [-0.2, -0.15) is 0 Å². The summed E-state index contributed by atoms with van der Waals surface area (Å²) in [6.45, 7) is 27.6. The molecule has 4 heteroatoms. The van der Waals surface area contributed by atoms with E-state index >= 15 is 0 Å². The van der Waals surface area contributed by atoms with E-state index in [0.717, 1.165) is 0 Å². The van der Waals surface area contributed by atoms with Gasteiger partial charge in [0.1, 0.15) is 0 Å². The molecule has 0 atom stereocenters. The average Bonchev–Trinajstić information content (AvgIpc) is 2.30. The molecule has 0 aromatic rings. The van der Waals surface area contributed by atoms with Gasteiger partial charge in [-0.05, 0) is 33.7 Å². The van der Waals surface area contributed by atoms with E-state index in [1.807, 2.05) is 0 Å². The SMILES string of the molecule is CC(C)(C)C(O[SiH2]CCC[SiH2]OC(C(C)(C)C)C(C)(C)C)C(C)(C)C. The fourth-order valence-electron chi connectivity index (χ4n) is 4.38. The third-order valence-corrected chi connectivity index (χ3v) is 7.22. The van der Waals surface area contributed by atoms with E-state index in [-0.39, 0.29) is 21.7 Å². The van der Waals surface area contributed by atoms with Crippen LogP contribution in [0.1, 0.15) is 89.5 Å². The summed E-state index contributed by atoms with van der Waals surface area (Å²) < 4.78 is 12.8. The Morgan fingerprint density at radius 3 is 0.960 bits per heavy atom. The van der Waals surface area contributed by atoms with Crippen LogP contribution in [0.4, 0.5) is 0 Å². The van der Waals surface area contributed by atoms with Crippen LogP contribution < -0.4 is 0 Å². The van der Waals surface area contributed by atoms with Crippen molar-refractivity contribution in [3.63, 3.8) is 0 Å². The molecule has 0 aliphatic rings. The fraction of sp³-hybridized carbons (Fsp3) is 1.00. The lowest BCUT2D eigenvalue weighted by atomic mass is 9.74. The molecule has 0 amide bonds. The van der Waals surface area contributed by atoms with Crippen molar-refractivity contribution in [2.75, 3.05) is 0 Å². The van der Waals surface area contributed by atoms with Crippen LogP contribution >= 0.6 is 0 Å². The Morgan fingerprint density at radius 1 is 0.520 bits per heavy atom. The molecular formula is C21H48O2Si2. The predicted octanol–water partition coefficient (Wildman–Crippen LogP) is 5.34. The molecule has 0 bridgehead atoms. The molecule has 0 radical (unpaired) electrons. The van der Waals surface area contributed by atoms with Crippen molar-refractivity contribution in [2.24, 2.45) is 21.7 Å². The van der Waals surface area contributed by atoms with Gasteiger partial charge >= 0.3 is 0 Å². The molecule has 0 fully saturated rings. The van der Waals surface area contributed by atoms with Crippen molar-refractivity contribution in [3.05, 3.63) is 0 Å². The van der Waals surface area contributed by atoms with Gasteiger partial charge in [-0.1, -0.05) is 89.5 Å². The highest BCUT2D eigenvalue weighted by atomic mass is 28.2. The molecule has 25 heavy (non-hydrogen) atoms. The van der Waals surface area contributed by atoms with Crippen molar-refractivity contribution >= 4 is 19.5 Å². The van der Waals surface area contributed by atoms with Crippen molar-refractivity contribution in [2.45, 2.75) is 114 Å². The van der Waals surface area contributed by atoms with E-state index in [2.05, 4.69) is 83.1 Å². The summed E-state index contributed by atoms with van der Waals surface area (Å²) in [5, 5.41) is 0. The number of hydrogen-bond acceptors (Lipinski definition) is 2. The van der Waals surface area contributed by atoms with Crippen LogP contribution in [0.3, 0.4) is 0 Å². The Kier molecular flexibility index (Phi) is 9.65. The van der Waals surface area contributed by atoms with Gasteiger partial charge in [-0.25, -0.2) is 0 Å². The lowest BCUT2D eigenvalue weighted by molar-refractivity contribution is -0.000713. The first-order valence-corrected chi connectivity index (χ1v) is 13.4. The van der Waals surface area contributed by atoms with Gasteiger partial charge in [0, 0.05) is 0 Å². The summed E-state index contributed by atoms with van der Waals surface area (Å²) >= 11 is 0. The Balaban J connectivity index is 4.19. The third kappa shape index (κ3) is 10.3. The zero-order valence-electron chi connectivity index (χ0n) is 19.5. The van der Waals surface area contributed by atoms with E-state index < -0.39 is 19.5 Å². The summed E-state index contributed by atoms with van der Waals surface area (Å²) in [7, 11) is -0.862. The Hall–Kier alpha value is 0.354. The Labute approximate surface area is 164 Å². The zero-order chi connectivity index (χ0) is 20.1. The maximum Gasteiger partial charge on any atom is 0.162 e. The van der Waals surface area contributed by atoms with Gasteiger partial charge in [0.25, 0.3) is 0 Å². The minimum atomic E-state index is -0.431. The van der Waals surface area contributed by atoms with Crippen molar-refractivity contribution in [3.8, 4) is 0 Å². The zero-order valence-corrected chi connectivity index (χ0v) is 22.3. The molecule has 0 aromatic carbocycles. The molecule has 152 valence electrons. The van der Waals surface area contributed by atoms with Crippen molar-refractivity contribution < 1.29 is 8.85 Å². The lowest BCUT2D eigenvalue weighted by Crippen LogP contribution is -2.41. The second kappa shape index (κ2) is 9.52. The topological polar surface area (TPSA) is 18.5 Å². The minimum Gasteiger partial charge on any atom is -0.420 e. The van der Waals surface area contributed by atoms with Crippen molar-refractivity contribution in [1.82, 2.24) is 0 Å². The molecule has 0 heterocycles. The van der Waals surface area contributed by atoms with E-state index in [1.165, 1.54) is 18.5 Å². The highest BCUT2D eigenvalue weighted by Crippen LogP contribution is 2.37. The maximum absolute atomic E-state index is 6.42. The van der Waals surface area contributed by atoms with Crippen LogP contribution in [0.2, 0.25) is 12.1 Å². The van der Waals surface area contributed by atoms with Gasteiger partial charge in [-0.15, -0.1) is 0 Å². The largest absolute Gasteiger partial charge is 0.420 e. The summed E-state index contributed by atoms with van der Waals surface area (Å²) in [4.78, 5) is 0. The van der Waals surface area contributed by atoms with Crippen LogP contribution in [0.25, 0.3) is 0 Å². The van der Waals surface area contributed by atoms with Crippen LogP contribution in [-0.2, 0) is 8.85 Å². The summed E-state index contributed by atoms with van der Waals surface area (Å²) in [6.07, 6.45) is 2.00. The smallest absolute Gasteiger partial charge is 0.162 e. The quantitative estimate of drug-likeness (QED) is 0.413. The Morgan fingerprint density at radius 2 is 0.760 bits per heavy atom. The van der Waals surface area contributed by atoms with Crippen molar-refractivity contribution in [1.29, 1.82) is 0 Å². The van der Waals surface area contributed by atoms with E-state index in [1.54, 1.807) is 0 Å². The molecule has 0 unspecified atom stereocenters. The second-order valence-electron chi connectivity index (χ2n) is 12.0. The van der Waals surface area contributed by atoms with Gasteiger partial charge in [0.05, 0.1) is 12.2 Å². The van der Waals surface area contributed by atoms with Crippen LogP contribution in [-0.4, -0.2) is 31.7 Å². The summed E-state index contributed by atoms with van der Waals surface area (Å²) in [5.74, 6) is 0. The standard InChI is InChI=1S/C21H48O2Si2/c1-18(2,3)16(19(4,5)6)22-24-14-13-15-25-23-17(20(7,8)9)21(10,11)12/h16-17H,13-15,24-25H2,1-12H3. The van der Waals surface area contributed by atoms with E-state index in [0.29, 0.717) is 12.2 Å². The van der Waals surface area contributed by atoms with Gasteiger partial charge < -0.3 is 8.85 Å². The first kappa shape index (κ1) is 25.4. The molecule has 0 aromatic heterocycles. The molecule has 0 saturated carbocycles. The van der Waals surface area contributed by atoms with Crippen LogP contribution in [0.5, 0.6) is 0 Å². The lowest BCUT2D eigenvalue weighted by Gasteiger charge is -2.41. The molecule has 0 spiro atoms. The van der Waals surface area contributed by atoms with Gasteiger partial charge in [0.15, 0.2) is 19.5 Å². The summed E-state index contributed by atoms with van der Waals surface area (Å²) in [6, 6.07) is 2.57. The minimum absolute atomic E-state index is 0.218. The first-order chi connectivity index (χ1) is 11.0. The molecule has 0 N–H and O–H groups in total. The highest BCUT2D eigenvalue weighted by Gasteiger charge is 2.36. The maximum atomic E-state index is 6.42. The number of hydrogen-bond donors (Lipinski definition) is 0. The van der Waals surface area contributed by atoms with Gasteiger partial charge in [0.2, 0.25) is 0 Å². The van der Waals surface area contributed by atoms with Crippen LogP contribution in [0.15, 0.2) is 0 Å². The monoisotopic (exact) mass is 388 g/mol. The van der Waals surface area contributed by atoms with Crippen LogP contribution in [0, 0.1) is 21.7 Å². The first-order valence-electron chi connectivity index (χ1n) is 10.2. The summed E-state index contributed by atoms with van der Waals surface area (Å²) in [5.41, 5.74) is 0.872. The van der Waals surface area contributed by atoms with E-state index in [4.69, 9.17) is 8.85 Å². The molecule has 0 rings (SSSR count). The second-order valence-corrected chi connectivity index (χ2v) is 14.9. The molecule has 2 nitrogen and oxygen atoms in total.